The van der Waals surface area contributed by atoms with Gasteiger partial charge in [0.15, 0.2) is 29.0 Å². The van der Waals surface area contributed by atoms with E-state index in [1.165, 1.54) is 7.11 Å². The Labute approximate surface area is 293 Å². The van der Waals surface area contributed by atoms with Crippen molar-refractivity contribution in [1.82, 2.24) is 5.32 Å². The molecule has 1 aliphatic carbocycles. The Morgan fingerprint density at radius 1 is 0.720 bits per heavy atom. The monoisotopic (exact) mass is 683 g/mol. The summed E-state index contributed by atoms with van der Waals surface area (Å²) in [4.78, 5) is 27.0. The summed E-state index contributed by atoms with van der Waals surface area (Å²) >= 11 is 0. The van der Waals surface area contributed by atoms with E-state index in [0.29, 0.717) is 23.0 Å². The summed E-state index contributed by atoms with van der Waals surface area (Å²) in [5.74, 6) is 1.02. The number of nitrogens with one attached hydrogen (secondary N) is 1. The minimum absolute atomic E-state index is 0.0937. The maximum absolute atomic E-state index is 13.7. The van der Waals surface area contributed by atoms with Crippen molar-refractivity contribution in [2.24, 2.45) is 0 Å². The fraction of sp³-hybridized carbons (Fsp3) is 0.350. The van der Waals surface area contributed by atoms with Gasteiger partial charge in [0.2, 0.25) is 5.75 Å². The fourth-order valence-electron chi connectivity index (χ4n) is 6.05. The molecule has 1 unspecified atom stereocenters. The lowest BCUT2D eigenvalue weighted by atomic mass is 9.92. The molecule has 10 heteroatoms. The number of benzene rings is 4. The van der Waals surface area contributed by atoms with Crippen LogP contribution >= 0.6 is 0 Å². The first-order valence-corrected chi connectivity index (χ1v) is 16.4. The Kier molecular flexibility index (Phi) is 11.2. The van der Waals surface area contributed by atoms with E-state index in [1.54, 1.807) is 33.5 Å². The number of carbonyl (C=O) groups excluding carboxylic acids is 2. The molecule has 2 atom stereocenters. The molecule has 1 amide bonds. The van der Waals surface area contributed by atoms with Crippen molar-refractivity contribution in [2.75, 3.05) is 41.7 Å². The number of hydrogen-bond donors (Lipinski definition) is 1. The van der Waals surface area contributed by atoms with Gasteiger partial charge < -0.3 is 38.5 Å². The number of esters is 1. The lowest BCUT2D eigenvalue weighted by Crippen LogP contribution is -2.47. The van der Waals surface area contributed by atoms with Gasteiger partial charge in [-0.2, -0.15) is 0 Å². The van der Waals surface area contributed by atoms with E-state index < -0.39 is 23.7 Å². The number of rotatable bonds is 13. The summed E-state index contributed by atoms with van der Waals surface area (Å²) in [6.07, 6.45) is -0.761. The first kappa shape index (κ1) is 36.1. The lowest BCUT2D eigenvalue weighted by molar-refractivity contribution is -0.140. The van der Waals surface area contributed by atoms with Gasteiger partial charge >= 0.3 is 12.1 Å². The van der Waals surface area contributed by atoms with Crippen LogP contribution in [0.1, 0.15) is 61.8 Å². The lowest BCUT2D eigenvalue weighted by Gasteiger charge is -2.25. The Morgan fingerprint density at radius 3 is 1.82 bits per heavy atom. The third-order valence-electron chi connectivity index (χ3n) is 8.69. The summed E-state index contributed by atoms with van der Waals surface area (Å²) in [6.45, 7) is 7.54. The average Bonchev–Trinajstić information content (AvgIpc) is 3.44. The molecule has 0 aromatic heterocycles. The van der Waals surface area contributed by atoms with Crippen molar-refractivity contribution in [3.8, 4) is 39.9 Å². The molecule has 0 bridgehead atoms. The van der Waals surface area contributed by atoms with Crippen LogP contribution in [-0.4, -0.2) is 65.4 Å². The van der Waals surface area contributed by atoms with E-state index >= 15 is 0 Å². The van der Waals surface area contributed by atoms with E-state index in [4.69, 9.17) is 33.2 Å². The third kappa shape index (κ3) is 7.97. The van der Waals surface area contributed by atoms with E-state index in [0.717, 1.165) is 33.4 Å². The van der Waals surface area contributed by atoms with Crippen molar-refractivity contribution in [3.63, 3.8) is 0 Å². The molecule has 0 saturated heterocycles. The highest BCUT2D eigenvalue weighted by Gasteiger charge is 2.31. The number of methoxy groups -OCH3 is 4. The number of hydrogen-bond acceptors (Lipinski definition) is 9. The highest BCUT2D eigenvalue weighted by molar-refractivity contribution is 5.84. The number of amides is 1. The molecule has 10 nitrogen and oxygen atoms in total. The largest absolute Gasteiger partial charge is 0.493 e. The second kappa shape index (κ2) is 15.6. The highest BCUT2D eigenvalue weighted by Crippen LogP contribution is 2.45. The van der Waals surface area contributed by atoms with Crippen LogP contribution < -0.4 is 29.0 Å². The van der Waals surface area contributed by atoms with Crippen molar-refractivity contribution in [1.29, 1.82) is 0 Å². The Bertz CT molecular complexity index is 1760. The minimum Gasteiger partial charge on any atom is -0.493 e. The summed E-state index contributed by atoms with van der Waals surface area (Å²) in [7, 11) is 6.17. The van der Waals surface area contributed by atoms with Gasteiger partial charge in [0.1, 0.15) is 6.61 Å². The maximum Gasteiger partial charge on any atom is 0.407 e. The number of fused-ring (bicyclic) bond motifs is 3. The van der Waals surface area contributed by atoms with Gasteiger partial charge in [-0.05, 0) is 78.4 Å². The van der Waals surface area contributed by atoms with E-state index in [9.17, 15) is 9.59 Å². The van der Waals surface area contributed by atoms with Gasteiger partial charge in [0.25, 0.3) is 0 Å². The van der Waals surface area contributed by atoms with E-state index in [-0.39, 0.29) is 30.8 Å². The number of carbonyl (C=O) groups is 2. The third-order valence-corrected chi connectivity index (χ3v) is 8.69. The van der Waals surface area contributed by atoms with Gasteiger partial charge in [-0.15, -0.1) is 0 Å². The predicted molar refractivity (Wildman–Crippen MR) is 190 cm³/mol. The smallest absolute Gasteiger partial charge is 0.407 e. The molecule has 264 valence electrons. The molecule has 4 aromatic rings. The summed E-state index contributed by atoms with van der Waals surface area (Å²) in [6, 6.07) is 24.1. The predicted octanol–water partition coefficient (Wildman–Crippen LogP) is 7.50. The number of alkyl carbamates (subject to hydrolysis) is 1. The molecular weight excluding hydrogens is 638 g/mol. The van der Waals surface area contributed by atoms with Crippen LogP contribution in [0.15, 0.2) is 78.9 Å². The first-order valence-electron chi connectivity index (χ1n) is 16.4. The van der Waals surface area contributed by atoms with Crippen LogP contribution in [0.5, 0.6) is 28.7 Å². The molecule has 5 rings (SSSR count). The molecule has 0 radical (unpaired) electrons. The van der Waals surface area contributed by atoms with Crippen LogP contribution in [0.4, 0.5) is 4.79 Å². The van der Waals surface area contributed by atoms with Gasteiger partial charge in [-0.3, -0.25) is 0 Å². The summed E-state index contributed by atoms with van der Waals surface area (Å²) in [5, 5.41) is 2.68. The standard InChI is InChI=1S/C40H45NO9/c1-24(26-20-35(45-6)37(47-8)36(21-26)46-7)25-17-18-33(44-5)34(19-25)50-38(42)32(23-49-40(2,3)4)41-39(43)48-22-31-29-15-11-9-13-27(29)28-14-10-12-16-30(28)31/h9-21,24,31-32H,22-23H2,1-8H3,(H,41,43)/t24?,32-/m1/s1. The Hall–Kier alpha value is -5.22. The fourth-order valence-corrected chi connectivity index (χ4v) is 6.05. The van der Waals surface area contributed by atoms with Crippen molar-refractivity contribution in [3.05, 3.63) is 101 Å². The second-order valence-corrected chi connectivity index (χ2v) is 13.0. The highest BCUT2D eigenvalue weighted by atomic mass is 16.6. The molecule has 1 aliphatic rings. The molecule has 1 N–H and O–H groups in total. The van der Waals surface area contributed by atoms with Gasteiger partial charge in [0.05, 0.1) is 40.6 Å². The molecular formula is C40H45NO9. The van der Waals surface area contributed by atoms with Crippen molar-refractivity contribution >= 4 is 12.1 Å². The maximum atomic E-state index is 13.7. The summed E-state index contributed by atoms with van der Waals surface area (Å²) in [5.41, 5.74) is 5.53. The second-order valence-electron chi connectivity index (χ2n) is 13.0. The molecule has 0 saturated carbocycles. The van der Waals surface area contributed by atoms with Crippen molar-refractivity contribution in [2.45, 2.75) is 51.2 Å². The molecule has 0 spiro atoms. The molecule has 0 fully saturated rings. The van der Waals surface area contributed by atoms with Crippen LogP contribution in [0.2, 0.25) is 0 Å². The zero-order valence-corrected chi connectivity index (χ0v) is 29.8. The SMILES string of the molecule is COc1ccc(C(C)c2cc(OC)c(OC)c(OC)c2)cc1OC(=O)[C@@H](COC(C)(C)C)NC(=O)OCC1c2ccccc2-c2ccccc21. The normalized spacial score (nSPS) is 13.4. The molecule has 4 aromatic carbocycles. The van der Waals surface area contributed by atoms with Gasteiger partial charge in [-0.25, -0.2) is 9.59 Å². The Balaban J connectivity index is 1.34. The van der Waals surface area contributed by atoms with Crippen molar-refractivity contribution < 1.29 is 42.7 Å². The van der Waals surface area contributed by atoms with E-state index in [2.05, 4.69) is 17.4 Å². The van der Waals surface area contributed by atoms with Crippen LogP contribution in [0, 0.1) is 0 Å². The van der Waals surface area contributed by atoms with Crippen LogP contribution in [0.25, 0.3) is 11.1 Å². The van der Waals surface area contributed by atoms with Gasteiger partial charge in [-0.1, -0.05) is 61.5 Å². The van der Waals surface area contributed by atoms with Crippen LogP contribution in [0.3, 0.4) is 0 Å². The summed E-state index contributed by atoms with van der Waals surface area (Å²) < 4.78 is 39.7. The topological polar surface area (TPSA) is 111 Å². The zero-order valence-electron chi connectivity index (χ0n) is 29.8. The molecule has 50 heavy (non-hydrogen) atoms. The molecule has 0 heterocycles. The zero-order chi connectivity index (χ0) is 36.0. The average molecular weight is 684 g/mol. The van der Waals surface area contributed by atoms with E-state index in [1.807, 2.05) is 82.3 Å². The first-order chi connectivity index (χ1) is 24.0. The Morgan fingerprint density at radius 2 is 1.28 bits per heavy atom. The number of ether oxygens (including phenoxy) is 7. The van der Waals surface area contributed by atoms with Gasteiger partial charge in [0, 0.05) is 11.8 Å². The molecule has 0 aliphatic heterocycles. The van der Waals surface area contributed by atoms with Crippen LogP contribution in [-0.2, 0) is 14.3 Å². The quantitative estimate of drug-likeness (QED) is 0.113. The minimum atomic E-state index is -1.18.